The molecule has 0 radical (unpaired) electrons. The number of halogens is 1. The first-order valence-electron chi connectivity index (χ1n) is 5.63. The number of hydrogen-bond donors (Lipinski definition) is 0. The molecule has 0 aliphatic carbocycles. The van der Waals surface area contributed by atoms with Crippen molar-refractivity contribution in [3.8, 4) is 5.75 Å². The lowest BCUT2D eigenvalue weighted by Crippen LogP contribution is -1.96. The summed E-state index contributed by atoms with van der Waals surface area (Å²) in [5.74, 6) is 0.845. The first-order valence-corrected chi connectivity index (χ1v) is 6.71. The summed E-state index contributed by atoms with van der Waals surface area (Å²) in [6, 6.07) is 15.4. The van der Waals surface area contributed by atoms with Crippen LogP contribution in [0.4, 0.5) is 0 Å². The van der Waals surface area contributed by atoms with Crippen LogP contribution in [-0.2, 0) is 6.61 Å². The van der Waals surface area contributed by atoms with E-state index in [0.29, 0.717) is 12.2 Å². The smallest absolute Gasteiger partial charge is 0.159 e. The Kier molecular flexibility index (Phi) is 4.36. The number of hydrogen-bond acceptors (Lipinski definition) is 2. The molecule has 2 rings (SSSR count). The zero-order valence-corrected chi connectivity index (χ0v) is 12.2. The Hall–Kier alpha value is -1.36. The summed E-state index contributed by atoms with van der Waals surface area (Å²) >= 11 is 2.27. The second-order valence-corrected chi connectivity index (χ2v) is 5.24. The highest BCUT2D eigenvalue weighted by Crippen LogP contribution is 2.15. The second kappa shape index (κ2) is 6.00. The molecule has 0 N–H and O–H groups in total. The van der Waals surface area contributed by atoms with Gasteiger partial charge in [0.25, 0.3) is 0 Å². The molecule has 0 atom stereocenters. The van der Waals surface area contributed by atoms with Gasteiger partial charge in [-0.1, -0.05) is 12.1 Å². The summed E-state index contributed by atoms with van der Waals surface area (Å²) in [6.45, 7) is 2.10. The van der Waals surface area contributed by atoms with E-state index in [1.54, 1.807) is 19.1 Å². The van der Waals surface area contributed by atoms with Gasteiger partial charge in [-0.25, -0.2) is 0 Å². The first kappa shape index (κ1) is 13.1. The van der Waals surface area contributed by atoms with Crippen LogP contribution < -0.4 is 4.74 Å². The van der Waals surface area contributed by atoms with E-state index in [-0.39, 0.29) is 5.78 Å². The van der Waals surface area contributed by atoms with E-state index in [1.165, 1.54) is 3.57 Å². The van der Waals surface area contributed by atoms with Gasteiger partial charge in [0.05, 0.1) is 0 Å². The van der Waals surface area contributed by atoms with Gasteiger partial charge in [-0.3, -0.25) is 4.79 Å². The number of ether oxygens (including phenoxy) is 1. The first-order chi connectivity index (χ1) is 8.65. The van der Waals surface area contributed by atoms with E-state index in [9.17, 15) is 4.79 Å². The Bertz CT molecular complexity index is 529. The van der Waals surface area contributed by atoms with Gasteiger partial charge < -0.3 is 4.74 Å². The van der Waals surface area contributed by atoms with Gasteiger partial charge in [0.1, 0.15) is 12.4 Å². The zero-order valence-electron chi connectivity index (χ0n) is 10.0. The number of carbonyl (C=O) groups is 1. The lowest BCUT2D eigenvalue weighted by Gasteiger charge is -2.06. The standard InChI is InChI=1S/C15H13IO2/c1-11(17)13-4-8-15(9-5-13)18-10-12-2-6-14(16)7-3-12/h2-9H,10H2,1H3. The maximum absolute atomic E-state index is 11.1. The van der Waals surface area contributed by atoms with Crippen molar-refractivity contribution in [1.82, 2.24) is 0 Å². The van der Waals surface area contributed by atoms with Crippen molar-refractivity contribution in [2.24, 2.45) is 0 Å². The lowest BCUT2D eigenvalue weighted by atomic mass is 10.1. The molecule has 18 heavy (non-hydrogen) atoms. The van der Waals surface area contributed by atoms with Gasteiger partial charge in [0.2, 0.25) is 0 Å². The molecule has 3 heteroatoms. The van der Waals surface area contributed by atoms with Crippen LogP contribution in [0, 0.1) is 3.57 Å². The van der Waals surface area contributed by atoms with E-state index in [0.717, 1.165) is 11.3 Å². The van der Waals surface area contributed by atoms with E-state index in [2.05, 4.69) is 34.7 Å². The molecule has 0 amide bonds. The summed E-state index contributed by atoms with van der Waals surface area (Å²) in [6.07, 6.45) is 0. The average molecular weight is 352 g/mol. The Morgan fingerprint density at radius 1 is 1.06 bits per heavy atom. The molecule has 92 valence electrons. The number of carbonyl (C=O) groups excluding carboxylic acids is 1. The number of ketones is 1. The molecule has 2 nitrogen and oxygen atoms in total. The van der Waals surface area contributed by atoms with Crippen LogP contribution in [0.15, 0.2) is 48.5 Å². The highest BCUT2D eigenvalue weighted by molar-refractivity contribution is 14.1. The minimum Gasteiger partial charge on any atom is -0.489 e. The third kappa shape index (κ3) is 3.57. The highest BCUT2D eigenvalue weighted by atomic mass is 127. The normalized spacial score (nSPS) is 10.1. The summed E-state index contributed by atoms with van der Waals surface area (Å²) in [5.41, 5.74) is 1.84. The molecule has 0 heterocycles. The molecule has 0 saturated carbocycles. The maximum Gasteiger partial charge on any atom is 0.159 e. The van der Waals surface area contributed by atoms with Crippen molar-refractivity contribution in [2.45, 2.75) is 13.5 Å². The van der Waals surface area contributed by atoms with Crippen LogP contribution in [0.5, 0.6) is 5.75 Å². The molecule has 0 aromatic heterocycles. The molecule has 2 aromatic carbocycles. The molecule has 0 fully saturated rings. The monoisotopic (exact) mass is 352 g/mol. The van der Waals surface area contributed by atoms with Crippen molar-refractivity contribution in [3.63, 3.8) is 0 Å². The van der Waals surface area contributed by atoms with E-state index < -0.39 is 0 Å². The Morgan fingerprint density at radius 2 is 1.67 bits per heavy atom. The van der Waals surface area contributed by atoms with Crippen molar-refractivity contribution in [1.29, 1.82) is 0 Å². The fraction of sp³-hybridized carbons (Fsp3) is 0.133. The summed E-state index contributed by atoms with van der Waals surface area (Å²) < 4.78 is 6.86. The summed E-state index contributed by atoms with van der Waals surface area (Å²) in [7, 11) is 0. The third-order valence-electron chi connectivity index (χ3n) is 2.58. The van der Waals surface area contributed by atoms with Crippen LogP contribution >= 0.6 is 22.6 Å². The van der Waals surface area contributed by atoms with E-state index in [1.807, 2.05) is 24.3 Å². The predicted molar refractivity (Wildman–Crippen MR) is 79.9 cm³/mol. The minimum absolute atomic E-state index is 0.0687. The van der Waals surface area contributed by atoms with Gasteiger partial charge in [-0.15, -0.1) is 0 Å². The highest BCUT2D eigenvalue weighted by Gasteiger charge is 2.00. The molecule has 0 aliphatic rings. The molecule has 0 spiro atoms. The Balaban J connectivity index is 1.97. The molecule has 0 unspecified atom stereocenters. The Labute approximate surface area is 120 Å². The van der Waals surface area contributed by atoms with Gasteiger partial charge in [-0.05, 0) is 71.5 Å². The SMILES string of the molecule is CC(=O)c1ccc(OCc2ccc(I)cc2)cc1. The fourth-order valence-electron chi connectivity index (χ4n) is 1.53. The van der Waals surface area contributed by atoms with Crippen LogP contribution in [-0.4, -0.2) is 5.78 Å². The van der Waals surface area contributed by atoms with Crippen LogP contribution in [0.25, 0.3) is 0 Å². The van der Waals surface area contributed by atoms with Gasteiger partial charge >= 0.3 is 0 Å². The molecule has 2 aromatic rings. The third-order valence-corrected chi connectivity index (χ3v) is 3.30. The van der Waals surface area contributed by atoms with E-state index in [4.69, 9.17) is 4.74 Å². The molecular weight excluding hydrogens is 339 g/mol. The van der Waals surface area contributed by atoms with Gasteiger partial charge in [-0.2, -0.15) is 0 Å². The van der Waals surface area contributed by atoms with Gasteiger partial charge in [0.15, 0.2) is 5.78 Å². The number of rotatable bonds is 4. The fourth-order valence-corrected chi connectivity index (χ4v) is 1.89. The molecule has 0 aliphatic heterocycles. The number of Topliss-reactive ketones (excluding diaryl/α,β-unsaturated/α-hetero) is 1. The molecular formula is C15H13IO2. The van der Waals surface area contributed by atoms with Crippen molar-refractivity contribution in [3.05, 3.63) is 63.2 Å². The largest absolute Gasteiger partial charge is 0.489 e. The minimum atomic E-state index is 0.0687. The van der Waals surface area contributed by atoms with Crippen LogP contribution in [0.1, 0.15) is 22.8 Å². The molecule has 0 saturated heterocycles. The quantitative estimate of drug-likeness (QED) is 0.613. The van der Waals surface area contributed by atoms with Crippen molar-refractivity contribution in [2.75, 3.05) is 0 Å². The topological polar surface area (TPSA) is 26.3 Å². The average Bonchev–Trinajstić information content (AvgIpc) is 2.38. The number of benzene rings is 2. The Morgan fingerprint density at radius 3 is 2.22 bits per heavy atom. The predicted octanol–water partition coefficient (Wildman–Crippen LogP) is 4.07. The maximum atomic E-state index is 11.1. The second-order valence-electron chi connectivity index (χ2n) is 4.00. The summed E-state index contributed by atoms with van der Waals surface area (Å²) in [4.78, 5) is 11.1. The summed E-state index contributed by atoms with van der Waals surface area (Å²) in [5, 5.41) is 0. The zero-order chi connectivity index (χ0) is 13.0. The lowest BCUT2D eigenvalue weighted by molar-refractivity contribution is 0.101. The van der Waals surface area contributed by atoms with Crippen molar-refractivity contribution < 1.29 is 9.53 Å². The van der Waals surface area contributed by atoms with E-state index >= 15 is 0 Å². The van der Waals surface area contributed by atoms with Crippen molar-refractivity contribution >= 4 is 28.4 Å². The molecule has 0 bridgehead atoms. The van der Waals surface area contributed by atoms with Crippen LogP contribution in [0.3, 0.4) is 0 Å². The van der Waals surface area contributed by atoms with Crippen LogP contribution in [0.2, 0.25) is 0 Å². The van der Waals surface area contributed by atoms with Gasteiger partial charge in [0, 0.05) is 9.13 Å².